The Bertz CT molecular complexity index is 604. The molecule has 0 N–H and O–H groups in total. The van der Waals surface area contributed by atoms with Crippen LogP contribution in [0.15, 0.2) is 11.1 Å². The molecule has 0 aromatic heterocycles. The summed E-state index contributed by atoms with van der Waals surface area (Å²) in [5.41, 5.74) is 1.57. The SMILES string of the molecule is CCc1c(C2(N=C=O)CCC2)cc(Cl)c2c1OCCCO2. The van der Waals surface area contributed by atoms with Crippen molar-refractivity contribution in [2.75, 3.05) is 13.2 Å². The van der Waals surface area contributed by atoms with Gasteiger partial charge in [-0.2, -0.15) is 4.99 Å². The molecule has 21 heavy (non-hydrogen) atoms. The molecule has 112 valence electrons. The lowest BCUT2D eigenvalue weighted by Gasteiger charge is -2.39. The first-order valence-electron chi connectivity index (χ1n) is 7.42. The molecule has 1 saturated carbocycles. The smallest absolute Gasteiger partial charge is 0.235 e. The van der Waals surface area contributed by atoms with Gasteiger partial charge in [0.15, 0.2) is 11.5 Å². The second kappa shape index (κ2) is 5.70. The predicted octanol–water partition coefficient (Wildman–Crippen LogP) is 3.78. The summed E-state index contributed by atoms with van der Waals surface area (Å²) in [4.78, 5) is 14.9. The van der Waals surface area contributed by atoms with Gasteiger partial charge in [0.05, 0.1) is 23.8 Å². The summed E-state index contributed by atoms with van der Waals surface area (Å²) in [7, 11) is 0. The molecule has 3 rings (SSSR count). The topological polar surface area (TPSA) is 47.9 Å². The lowest BCUT2D eigenvalue weighted by Crippen LogP contribution is -2.33. The second-order valence-electron chi connectivity index (χ2n) is 5.54. The normalized spacial score (nSPS) is 19.1. The fourth-order valence-electron chi connectivity index (χ4n) is 3.15. The highest BCUT2D eigenvalue weighted by Crippen LogP contribution is 2.51. The van der Waals surface area contributed by atoms with Crippen molar-refractivity contribution in [1.29, 1.82) is 0 Å². The molecule has 0 bridgehead atoms. The average molecular weight is 308 g/mol. The Hall–Kier alpha value is -1.51. The Morgan fingerprint density at radius 2 is 2.00 bits per heavy atom. The minimum Gasteiger partial charge on any atom is -0.489 e. The number of rotatable bonds is 3. The molecule has 0 unspecified atom stereocenters. The summed E-state index contributed by atoms with van der Waals surface area (Å²) in [6.07, 6.45) is 6.11. The maximum atomic E-state index is 10.8. The lowest BCUT2D eigenvalue weighted by atomic mass is 9.70. The fourth-order valence-corrected chi connectivity index (χ4v) is 3.40. The zero-order chi connectivity index (χ0) is 14.9. The van der Waals surface area contributed by atoms with Gasteiger partial charge in [0, 0.05) is 12.0 Å². The van der Waals surface area contributed by atoms with E-state index in [1.807, 2.05) is 6.07 Å². The second-order valence-corrected chi connectivity index (χ2v) is 5.94. The van der Waals surface area contributed by atoms with Crippen LogP contribution in [0.5, 0.6) is 11.5 Å². The largest absolute Gasteiger partial charge is 0.489 e. The summed E-state index contributed by atoms with van der Waals surface area (Å²) in [6, 6.07) is 1.90. The molecule has 2 aliphatic rings. The third-order valence-corrected chi connectivity index (χ3v) is 4.65. The van der Waals surface area contributed by atoms with E-state index in [0.717, 1.165) is 49.0 Å². The quantitative estimate of drug-likeness (QED) is 0.630. The highest BCUT2D eigenvalue weighted by atomic mass is 35.5. The zero-order valence-corrected chi connectivity index (χ0v) is 12.8. The van der Waals surface area contributed by atoms with E-state index in [1.54, 1.807) is 6.08 Å². The number of hydrogen-bond acceptors (Lipinski definition) is 4. The van der Waals surface area contributed by atoms with Crippen LogP contribution in [0.1, 0.15) is 43.7 Å². The molecular formula is C16H18ClNO3. The number of ether oxygens (including phenoxy) is 2. The van der Waals surface area contributed by atoms with Crippen molar-refractivity contribution in [2.45, 2.75) is 44.6 Å². The number of isocyanates is 1. The maximum Gasteiger partial charge on any atom is 0.235 e. The van der Waals surface area contributed by atoms with E-state index >= 15 is 0 Å². The van der Waals surface area contributed by atoms with Crippen LogP contribution >= 0.6 is 11.6 Å². The maximum absolute atomic E-state index is 10.8. The molecule has 1 heterocycles. The molecule has 1 aromatic rings. The Labute approximate surface area is 129 Å². The Morgan fingerprint density at radius 3 is 2.57 bits per heavy atom. The molecule has 1 aromatic carbocycles. The molecule has 0 atom stereocenters. The summed E-state index contributed by atoms with van der Waals surface area (Å²) in [5.74, 6) is 1.35. The molecule has 1 fully saturated rings. The van der Waals surface area contributed by atoms with Gasteiger partial charge in [0.1, 0.15) is 0 Å². The Balaban J connectivity index is 2.19. The first kappa shape index (κ1) is 14.4. The average Bonchev–Trinajstić information content (AvgIpc) is 2.69. The fraction of sp³-hybridized carbons (Fsp3) is 0.562. The third kappa shape index (κ3) is 2.33. The van der Waals surface area contributed by atoms with E-state index in [1.165, 1.54) is 0 Å². The summed E-state index contributed by atoms with van der Waals surface area (Å²) >= 11 is 6.39. The molecular weight excluding hydrogens is 290 g/mol. The summed E-state index contributed by atoms with van der Waals surface area (Å²) in [6.45, 7) is 3.29. The van der Waals surface area contributed by atoms with Gasteiger partial charge in [-0.1, -0.05) is 18.5 Å². The summed E-state index contributed by atoms with van der Waals surface area (Å²) < 4.78 is 11.6. The van der Waals surface area contributed by atoms with Gasteiger partial charge in [0.25, 0.3) is 0 Å². The Morgan fingerprint density at radius 1 is 1.29 bits per heavy atom. The van der Waals surface area contributed by atoms with Gasteiger partial charge in [-0.15, -0.1) is 0 Å². The van der Waals surface area contributed by atoms with E-state index in [9.17, 15) is 4.79 Å². The van der Waals surface area contributed by atoms with E-state index in [-0.39, 0.29) is 0 Å². The third-order valence-electron chi connectivity index (χ3n) is 4.37. The molecule has 0 amide bonds. The van der Waals surface area contributed by atoms with E-state index in [0.29, 0.717) is 24.0 Å². The van der Waals surface area contributed by atoms with Gasteiger partial charge in [-0.3, -0.25) is 0 Å². The molecule has 0 spiro atoms. The highest BCUT2D eigenvalue weighted by molar-refractivity contribution is 6.32. The number of carbonyl (C=O) groups excluding carboxylic acids is 1. The minimum absolute atomic E-state index is 0.471. The standard InChI is InChI=1S/C16H18ClNO3/c1-2-11-12(16(18-10-19)5-3-6-16)9-13(17)15-14(11)20-7-4-8-21-15/h9H,2-8H2,1H3. The highest BCUT2D eigenvalue weighted by Gasteiger charge is 2.42. The van der Waals surface area contributed by atoms with E-state index < -0.39 is 5.54 Å². The van der Waals surface area contributed by atoms with Crippen LogP contribution in [0, 0.1) is 0 Å². The minimum atomic E-state index is -0.471. The van der Waals surface area contributed by atoms with Crippen LogP contribution in [0.3, 0.4) is 0 Å². The van der Waals surface area contributed by atoms with Gasteiger partial charge in [-0.25, -0.2) is 4.79 Å². The molecule has 0 saturated heterocycles. The number of hydrogen-bond donors (Lipinski definition) is 0. The number of aliphatic imine (C=N–C) groups is 1. The number of benzene rings is 1. The zero-order valence-electron chi connectivity index (χ0n) is 12.1. The van der Waals surface area contributed by atoms with Crippen molar-refractivity contribution < 1.29 is 14.3 Å². The van der Waals surface area contributed by atoms with Gasteiger partial charge in [0.2, 0.25) is 6.08 Å². The van der Waals surface area contributed by atoms with Gasteiger partial charge in [-0.05, 0) is 37.3 Å². The molecule has 5 heteroatoms. The van der Waals surface area contributed by atoms with Crippen LogP contribution in [-0.4, -0.2) is 19.3 Å². The first-order valence-corrected chi connectivity index (χ1v) is 7.80. The summed E-state index contributed by atoms with van der Waals surface area (Å²) in [5, 5.41) is 0.534. The number of nitrogens with zero attached hydrogens (tertiary/aromatic N) is 1. The molecule has 0 radical (unpaired) electrons. The Kier molecular flexibility index (Phi) is 3.92. The van der Waals surface area contributed by atoms with Crippen LogP contribution < -0.4 is 9.47 Å². The van der Waals surface area contributed by atoms with Crippen molar-refractivity contribution in [3.8, 4) is 11.5 Å². The molecule has 1 aliphatic heterocycles. The van der Waals surface area contributed by atoms with Crippen molar-refractivity contribution in [1.82, 2.24) is 0 Å². The lowest BCUT2D eigenvalue weighted by molar-refractivity contribution is 0.251. The predicted molar refractivity (Wildman–Crippen MR) is 80.1 cm³/mol. The number of fused-ring (bicyclic) bond motifs is 1. The van der Waals surface area contributed by atoms with Crippen molar-refractivity contribution >= 4 is 17.7 Å². The van der Waals surface area contributed by atoms with Crippen LogP contribution in [0.2, 0.25) is 5.02 Å². The molecule has 4 nitrogen and oxygen atoms in total. The van der Waals surface area contributed by atoms with Crippen molar-refractivity contribution in [2.24, 2.45) is 4.99 Å². The molecule has 1 aliphatic carbocycles. The van der Waals surface area contributed by atoms with Gasteiger partial charge < -0.3 is 9.47 Å². The van der Waals surface area contributed by atoms with E-state index in [2.05, 4.69) is 11.9 Å². The first-order chi connectivity index (χ1) is 10.2. The van der Waals surface area contributed by atoms with Crippen LogP contribution in [0.4, 0.5) is 0 Å². The monoisotopic (exact) mass is 307 g/mol. The number of halogens is 1. The van der Waals surface area contributed by atoms with E-state index in [4.69, 9.17) is 21.1 Å². The van der Waals surface area contributed by atoms with Crippen molar-refractivity contribution in [3.63, 3.8) is 0 Å². The van der Waals surface area contributed by atoms with Crippen LogP contribution in [-0.2, 0) is 16.8 Å². The van der Waals surface area contributed by atoms with Crippen molar-refractivity contribution in [3.05, 3.63) is 22.2 Å². The van der Waals surface area contributed by atoms with Crippen LogP contribution in [0.25, 0.3) is 0 Å². The van der Waals surface area contributed by atoms with Gasteiger partial charge >= 0.3 is 0 Å².